The van der Waals surface area contributed by atoms with Crippen LogP contribution in [0.25, 0.3) is 0 Å². The van der Waals surface area contributed by atoms with Crippen LogP contribution in [0.15, 0.2) is 36.7 Å². The molecule has 0 saturated heterocycles. The molecule has 0 aliphatic heterocycles. The summed E-state index contributed by atoms with van der Waals surface area (Å²) in [6.45, 7) is 1.84. The number of hydrogen-bond donors (Lipinski definition) is 1. The van der Waals surface area contributed by atoms with Crippen LogP contribution in [0.3, 0.4) is 0 Å². The van der Waals surface area contributed by atoms with Gasteiger partial charge in [-0.3, -0.25) is 14.3 Å². The van der Waals surface area contributed by atoms with Gasteiger partial charge in [0.15, 0.2) is 0 Å². The Hall–Kier alpha value is -2.14. The van der Waals surface area contributed by atoms with Gasteiger partial charge in [0.25, 0.3) is 11.7 Å². The summed E-state index contributed by atoms with van der Waals surface area (Å²) in [4.78, 5) is 23.8. The number of rotatable bonds is 5. The first-order chi connectivity index (χ1) is 9.95. The lowest BCUT2D eigenvalue weighted by Crippen LogP contribution is -2.38. The maximum Gasteiger partial charge on any atom is 0.292 e. The Balaban J connectivity index is 1.94. The molecule has 5 nitrogen and oxygen atoms in total. The second-order valence-electron chi connectivity index (χ2n) is 4.94. The van der Waals surface area contributed by atoms with E-state index in [0.29, 0.717) is 11.4 Å². The second kappa shape index (κ2) is 6.54. The van der Waals surface area contributed by atoms with Crippen molar-refractivity contribution in [2.24, 2.45) is 7.05 Å². The normalized spacial score (nSPS) is 12.0. The Morgan fingerprint density at radius 1 is 1.43 bits per heavy atom. The van der Waals surface area contributed by atoms with E-state index in [1.165, 1.54) is 17.1 Å². The summed E-state index contributed by atoms with van der Waals surface area (Å²) in [5.74, 6) is -1.21. The van der Waals surface area contributed by atoms with Crippen molar-refractivity contribution in [2.75, 3.05) is 0 Å². The molecule has 0 saturated carbocycles. The minimum Gasteiger partial charge on any atom is -0.346 e. The monoisotopic (exact) mass is 305 g/mol. The summed E-state index contributed by atoms with van der Waals surface area (Å²) in [7, 11) is 1.69. The number of nitrogens with zero attached hydrogens (tertiary/aromatic N) is 2. The van der Waals surface area contributed by atoms with Gasteiger partial charge in [0.2, 0.25) is 0 Å². The molecule has 6 heteroatoms. The van der Waals surface area contributed by atoms with E-state index >= 15 is 0 Å². The topological polar surface area (TPSA) is 64.0 Å². The molecule has 21 heavy (non-hydrogen) atoms. The number of amides is 1. The van der Waals surface area contributed by atoms with Crippen LogP contribution in [-0.4, -0.2) is 27.5 Å². The number of benzene rings is 1. The van der Waals surface area contributed by atoms with Crippen molar-refractivity contribution >= 4 is 23.3 Å². The predicted molar refractivity (Wildman–Crippen MR) is 80.3 cm³/mol. The molecule has 1 atom stereocenters. The number of nitrogens with one attached hydrogen (secondary N) is 1. The molecule has 0 spiro atoms. The molecule has 0 radical (unpaired) electrons. The fourth-order valence-corrected chi connectivity index (χ4v) is 2.24. The molecule has 1 heterocycles. The number of hydrogen-bond acceptors (Lipinski definition) is 3. The lowest BCUT2D eigenvalue weighted by atomic mass is 10.1. The smallest absolute Gasteiger partial charge is 0.292 e. The van der Waals surface area contributed by atoms with E-state index in [1.807, 2.05) is 25.1 Å². The average molecular weight is 306 g/mol. The van der Waals surface area contributed by atoms with E-state index in [9.17, 15) is 9.59 Å². The summed E-state index contributed by atoms with van der Waals surface area (Å²) in [5, 5.41) is 7.22. The number of aryl methyl sites for hydroxylation is 1. The first-order valence-corrected chi connectivity index (χ1v) is 6.92. The molecule has 2 rings (SSSR count). The molecular weight excluding hydrogens is 290 g/mol. The van der Waals surface area contributed by atoms with Gasteiger partial charge in [0.1, 0.15) is 0 Å². The van der Waals surface area contributed by atoms with E-state index in [-0.39, 0.29) is 11.6 Å². The van der Waals surface area contributed by atoms with Crippen LogP contribution in [0.2, 0.25) is 5.02 Å². The van der Waals surface area contributed by atoms with Crippen molar-refractivity contribution in [3.05, 3.63) is 52.8 Å². The number of aromatic nitrogens is 2. The second-order valence-corrected chi connectivity index (χ2v) is 5.38. The zero-order chi connectivity index (χ0) is 15.4. The van der Waals surface area contributed by atoms with Crippen LogP contribution in [-0.2, 0) is 18.3 Å². The van der Waals surface area contributed by atoms with Crippen molar-refractivity contribution in [2.45, 2.75) is 19.4 Å². The van der Waals surface area contributed by atoms with Crippen molar-refractivity contribution in [3.63, 3.8) is 0 Å². The third-order valence-corrected chi connectivity index (χ3v) is 3.22. The lowest BCUT2D eigenvalue weighted by Gasteiger charge is -2.13. The Morgan fingerprint density at radius 2 is 2.19 bits per heavy atom. The summed E-state index contributed by atoms with van der Waals surface area (Å²) in [6, 6.07) is 7.24. The molecule has 0 aliphatic rings. The quantitative estimate of drug-likeness (QED) is 0.679. The van der Waals surface area contributed by atoms with E-state index < -0.39 is 11.7 Å². The van der Waals surface area contributed by atoms with Gasteiger partial charge in [0.05, 0.1) is 11.8 Å². The summed E-state index contributed by atoms with van der Waals surface area (Å²) < 4.78 is 1.48. The first kappa shape index (κ1) is 15.3. The molecule has 0 aliphatic carbocycles. The van der Waals surface area contributed by atoms with Crippen molar-refractivity contribution < 1.29 is 9.59 Å². The Labute approximate surface area is 127 Å². The van der Waals surface area contributed by atoms with Crippen LogP contribution in [0.1, 0.15) is 22.8 Å². The van der Waals surface area contributed by atoms with Gasteiger partial charge in [-0.15, -0.1) is 0 Å². The average Bonchev–Trinajstić information content (AvgIpc) is 2.84. The Bertz CT molecular complexity index is 666. The molecule has 0 unspecified atom stereocenters. The van der Waals surface area contributed by atoms with Gasteiger partial charge < -0.3 is 5.32 Å². The van der Waals surface area contributed by atoms with Gasteiger partial charge in [-0.2, -0.15) is 5.10 Å². The van der Waals surface area contributed by atoms with Crippen LogP contribution in [0.5, 0.6) is 0 Å². The first-order valence-electron chi connectivity index (χ1n) is 6.54. The Morgan fingerprint density at radius 3 is 2.81 bits per heavy atom. The predicted octanol–water partition coefficient (Wildman–Crippen LogP) is 2.00. The molecule has 2 aromatic rings. The maximum atomic E-state index is 11.9. The van der Waals surface area contributed by atoms with E-state index in [4.69, 9.17) is 11.6 Å². The number of carbonyl (C=O) groups excluding carboxylic acids is 2. The van der Waals surface area contributed by atoms with Crippen LogP contribution in [0.4, 0.5) is 0 Å². The van der Waals surface area contributed by atoms with E-state index in [0.717, 1.165) is 5.56 Å². The fourth-order valence-electron chi connectivity index (χ4n) is 2.03. The highest BCUT2D eigenvalue weighted by atomic mass is 35.5. The van der Waals surface area contributed by atoms with Gasteiger partial charge in [0, 0.05) is 24.3 Å². The summed E-state index contributed by atoms with van der Waals surface area (Å²) in [5.41, 5.74) is 1.29. The minimum absolute atomic E-state index is 0.170. The van der Waals surface area contributed by atoms with Gasteiger partial charge >= 0.3 is 0 Å². The number of halogens is 1. The maximum absolute atomic E-state index is 11.9. The SMILES string of the molecule is C[C@@H](Cc1cccc(Cl)c1)NC(=O)C(=O)c1cnn(C)c1. The summed E-state index contributed by atoms with van der Waals surface area (Å²) >= 11 is 5.92. The largest absolute Gasteiger partial charge is 0.346 e. The van der Waals surface area contributed by atoms with Gasteiger partial charge in [-0.25, -0.2) is 0 Å². The number of ketones is 1. The number of Topliss-reactive ketones (excluding diaryl/α,β-unsaturated/α-hetero) is 1. The van der Waals surface area contributed by atoms with Crippen LogP contribution < -0.4 is 5.32 Å². The van der Waals surface area contributed by atoms with Gasteiger partial charge in [-0.1, -0.05) is 23.7 Å². The highest BCUT2D eigenvalue weighted by Crippen LogP contribution is 2.12. The van der Waals surface area contributed by atoms with Crippen LogP contribution >= 0.6 is 11.6 Å². The molecule has 0 fully saturated rings. The highest BCUT2D eigenvalue weighted by Gasteiger charge is 2.19. The van der Waals surface area contributed by atoms with Crippen molar-refractivity contribution in [1.29, 1.82) is 0 Å². The standard InChI is InChI=1S/C15H16ClN3O2/c1-10(6-11-4-3-5-13(16)7-11)18-15(21)14(20)12-8-17-19(2)9-12/h3-5,7-10H,6H2,1-2H3,(H,18,21)/t10-/m0/s1. The van der Waals surface area contributed by atoms with Crippen LogP contribution in [0, 0.1) is 0 Å². The van der Waals surface area contributed by atoms with E-state index in [2.05, 4.69) is 10.4 Å². The fraction of sp³-hybridized carbons (Fsp3) is 0.267. The third kappa shape index (κ3) is 4.16. The van der Waals surface area contributed by atoms with Gasteiger partial charge in [-0.05, 0) is 31.0 Å². The molecule has 1 amide bonds. The lowest BCUT2D eigenvalue weighted by molar-refractivity contribution is -0.117. The van der Waals surface area contributed by atoms with Crippen molar-refractivity contribution in [3.8, 4) is 0 Å². The highest BCUT2D eigenvalue weighted by molar-refractivity contribution is 6.42. The summed E-state index contributed by atoms with van der Waals surface area (Å²) in [6.07, 6.45) is 3.50. The van der Waals surface area contributed by atoms with E-state index in [1.54, 1.807) is 13.1 Å². The molecule has 1 aromatic heterocycles. The Kier molecular flexibility index (Phi) is 4.75. The molecule has 110 valence electrons. The minimum atomic E-state index is -0.627. The zero-order valence-electron chi connectivity index (χ0n) is 11.8. The molecular formula is C15H16ClN3O2. The third-order valence-electron chi connectivity index (χ3n) is 2.98. The molecule has 1 N–H and O–H groups in total. The zero-order valence-corrected chi connectivity index (χ0v) is 12.6. The molecule has 1 aromatic carbocycles. The molecule has 0 bridgehead atoms. The number of carbonyl (C=O) groups is 2. The van der Waals surface area contributed by atoms with Crippen molar-refractivity contribution in [1.82, 2.24) is 15.1 Å².